The maximum atomic E-state index is 13.3. The molecule has 194 valence electrons. The van der Waals surface area contributed by atoms with Crippen molar-refractivity contribution in [2.45, 2.75) is 51.0 Å². The first kappa shape index (κ1) is 26.2. The molecule has 0 bridgehead atoms. The van der Waals surface area contributed by atoms with Crippen LogP contribution in [-0.2, 0) is 22.7 Å². The van der Waals surface area contributed by atoms with E-state index in [-0.39, 0.29) is 18.6 Å². The van der Waals surface area contributed by atoms with Crippen LogP contribution >= 0.6 is 0 Å². The van der Waals surface area contributed by atoms with E-state index in [0.717, 1.165) is 36.8 Å². The summed E-state index contributed by atoms with van der Waals surface area (Å²) >= 11 is 0. The van der Waals surface area contributed by atoms with E-state index in [0.29, 0.717) is 30.4 Å². The molecular weight excluding hydrogens is 466 g/mol. The minimum Gasteiger partial charge on any atom is -0.489 e. The van der Waals surface area contributed by atoms with Gasteiger partial charge >= 0.3 is 6.09 Å². The first-order valence-corrected chi connectivity index (χ1v) is 12.8. The van der Waals surface area contributed by atoms with Gasteiger partial charge in [0.25, 0.3) is 0 Å². The molecule has 3 aromatic rings. The van der Waals surface area contributed by atoms with E-state index >= 15 is 0 Å². The number of nitrogens with one attached hydrogen (secondary N) is 2. The summed E-state index contributed by atoms with van der Waals surface area (Å²) in [6.07, 6.45) is 3.09. The van der Waals surface area contributed by atoms with E-state index < -0.39 is 12.1 Å². The second kappa shape index (κ2) is 13.5. The molecule has 7 nitrogen and oxygen atoms in total. The molecule has 0 saturated heterocycles. The van der Waals surface area contributed by atoms with Crippen molar-refractivity contribution in [3.63, 3.8) is 0 Å². The predicted octanol–water partition coefficient (Wildman–Crippen LogP) is 4.87. The van der Waals surface area contributed by atoms with Crippen LogP contribution in [-0.4, -0.2) is 24.6 Å². The summed E-state index contributed by atoms with van der Waals surface area (Å²) in [5, 5.41) is 5.88. The van der Waals surface area contributed by atoms with Gasteiger partial charge in [0.1, 0.15) is 25.0 Å². The lowest BCUT2D eigenvalue weighted by atomic mass is 9.86. The SMILES string of the molecule is NCC1CCC(NC(=O)[C@@H](NC(=O)OCc2ccccc2)c2ccc(OCc3ccccc3)cc2)CC1. The topological polar surface area (TPSA) is 103 Å². The molecule has 3 aromatic carbocycles. The van der Waals surface area contributed by atoms with Crippen molar-refractivity contribution in [1.82, 2.24) is 10.6 Å². The van der Waals surface area contributed by atoms with Gasteiger partial charge in [-0.1, -0.05) is 72.8 Å². The number of nitrogens with two attached hydrogens (primary N) is 1. The van der Waals surface area contributed by atoms with Crippen LogP contribution in [0.2, 0.25) is 0 Å². The first-order valence-electron chi connectivity index (χ1n) is 12.8. The lowest BCUT2D eigenvalue weighted by Gasteiger charge is -2.30. The Balaban J connectivity index is 1.40. The minimum atomic E-state index is -0.890. The summed E-state index contributed by atoms with van der Waals surface area (Å²) < 4.78 is 11.3. The summed E-state index contributed by atoms with van der Waals surface area (Å²) in [4.78, 5) is 26.0. The van der Waals surface area contributed by atoms with Crippen LogP contribution in [0.5, 0.6) is 5.75 Å². The Kier molecular flexibility index (Phi) is 9.54. The number of amides is 2. The highest BCUT2D eigenvalue weighted by molar-refractivity contribution is 5.87. The highest BCUT2D eigenvalue weighted by Gasteiger charge is 2.28. The fraction of sp³-hybridized carbons (Fsp3) is 0.333. The molecule has 1 atom stereocenters. The molecule has 2 amide bonds. The molecule has 1 aliphatic rings. The second-order valence-corrected chi connectivity index (χ2v) is 9.44. The molecule has 0 spiro atoms. The smallest absolute Gasteiger partial charge is 0.408 e. The van der Waals surface area contributed by atoms with Gasteiger partial charge < -0.3 is 25.8 Å². The van der Waals surface area contributed by atoms with E-state index in [1.54, 1.807) is 12.1 Å². The van der Waals surface area contributed by atoms with Crippen molar-refractivity contribution in [1.29, 1.82) is 0 Å². The van der Waals surface area contributed by atoms with Crippen molar-refractivity contribution in [2.75, 3.05) is 6.54 Å². The summed E-state index contributed by atoms with van der Waals surface area (Å²) in [6.45, 7) is 1.24. The summed E-state index contributed by atoms with van der Waals surface area (Å²) in [5.74, 6) is 0.933. The van der Waals surface area contributed by atoms with Crippen molar-refractivity contribution < 1.29 is 19.1 Å². The molecule has 4 N–H and O–H groups in total. The number of carbonyl (C=O) groups is 2. The normalized spacial score (nSPS) is 17.9. The van der Waals surface area contributed by atoms with Gasteiger partial charge in [-0.3, -0.25) is 4.79 Å². The Morgan fingerprint density at radius 1 is 0.811 bits per heavy atom. The Morgan fingerprint density at radius 2 is 1.41 bits per heavy atom. The predicted molar refractivity (Wildman–Crippen MR) is 143 cm³/mol. The van der Waals surface area contributed by atoms with E-state index in [1.165, 1.54) is 0 Å². The number of benzene rings is 3. The Labute approximate surface area is 218 Å². The van der Waals surface area contributed by atoms with Crippen molar-refractivity contribution >= 4 is 12.0 Å². The fourth-order valence-corrected chi connectivity index (χ4v) is 4.51. The minimum absolute atomic E-state index is 0.0634. The average Bonchev–Trinajstić information content (AvgIpc) is 2.95. The lowest BCUT2D eigenvalue weighted by Crippen LogP contribution is -2.45. The van der Waals surface area contributed by atoms with Crippen LogP contribution in [0.3, 0.4) is 0 Å². The molecule has 0 aromatic heterocycles. The summed E-state index contributed by atoms with van der Waals surface area (Å²) in [5.41, 5.74) is 8.39. The number of hydrogen-bond donors (Lipinski definition) is 3. The van der Waals surface area contributed by atoms with E-state index in [1.807, 2.05) is 72.8 Å². The van der Waals surface area contributed by atoms with Gasteiger partial charge in [-0.25, -0.2) is 4.79 Å². The molecule has 7 heteroatoms. The van der Waals surface area contributed by atoms with Gasteiger partial charge in [0.2, 0.25) is 5.91 Å². The third kappa shape index (κ3) is 8.08. The molecule has 0 aliphatic heterocycles. The van der Waals surface area contributed by atoms with Gasteiger partial charge in [0, 0.05) is 6.04 Å². The first-order chi connectivity index (χ1) is 18.1. The molecule has 1 saturated carbocycles. The van der Waals surface area contributed by atoms with Gasteiger partial charge in [-0.2, -0.15) is 0 Å². The molecule has 0 unspecified atom stereocenters. The molecule has 0 heterocycles. The van der Waals surface area contributed by atoms with Crippen LogP contribution in [0, 0.1) is 5.92 Å². The zero-order valence-electron chi connectivity index (χ0n) is 21.0. The van der Waals surface area contributed by atoms with Crippen molar-refractivity contribution in [3.8, 4) is 5.75 Å². The largest absolute Gasteiger partial charge is 0.489 e. The number of hydrogen-bond acceptors (Lipinski definition) is 5. The number of rotatable bonds is 10. The third-order valence-electron chi connectivity index (χ3n) is 6.73. The molecule has 37 heavy (non-hydrogen) atoms. The monoisotopic (exact) mass is 501 g/mol. The van der Waals surface area contributed by atoms with Crippen molar-refractivity contribution in [2.24, 2.45) is 11.7 Å². The highest BCUT2D eigenvalue weighted by Crippen LogP contribution is 2.25. The fourth-order valence-electron chi connectivity index (χ4n) is 4.51. The standard InChI is InChI=1S/C30H35N3O4/c31-19-22-11-15-26(16-12-22)32-29(34)28(33-30(35)37-21-24-9-5-2-6-10-24)25-13-17-27(18-14-25)36-20-23-7-3-1-4-8-23/h1-10,13-14,17-18,22,26,28H,11-12,15-16,19-21,31H2,(H,32,34)(H,33,35)/t22?,26?,28-/m0/s1. The van der Waals surface area contributed by atoms with Crippen LogP contribution in [0.15, 0.2) is 84.9 Å². The van der Waals surface area contributed by atoms with E-state index in [9.17, 15) is 9.59 Å². The molecule has 1 fully saturated rings. The number of ether oxygens (including phenoxy) is 2. The van der Waals surface area contributed by atoms with Crippen LogP contribution < -0.4 is 21.1 Å². The molecule has 1 aliphatic carbocycles. The van der Waals surface area contributed by atoms with Gasteiger partial charge in [-0.15, -0.1) is 0 Å². The summed E-state index contributed by atoms with van der Waals surface area (Å²) in [6, 6.07) is 25.7. The highest BCUT2D eigenvalue weighted by atomic mass is 16.5. The molecule has 0 radical (unpaired) electrons. The van der Waals surface area contributed by atoms with Crippen molar-refractivity contribution in [3.05, 3.63) is 102 Å². The van der Waals surface area contributed by atoms with Gasteiger partial charge in [0.15, 0.2) is 0 Å². The van der Waals surface area contributed by atoms with Gasteiger partial charge in [0.05, 0.1) is 0 Å². The van der Waals surface area contributed by atoms with E-state index in [2.05, 4.69) is 10.6 Å². The van der Waals surface area contributed by atoms with Crippen LogP contribution in [0.1, 0.15) is 48.4 Å². The average molecular weight is 502 g/mol. The lowest BCUT2D eigenvalue weighted by molar-refractivity contribution is -0.124. The Hall–Kier alpha value is -3.84. The number of carbonyl (C=O) groups excluding carboxylic acids is 2. The van der Waals surface area contributed by atoms with E-state index in [4.69, 9.17) is 15.2 Å². The third-order valence-corrected chi connectivity index (χ3v) is 6.73. The summed E-state index contributed by atoms with van der Waals surface area (Å²) in [7, 11) is 0. The van der Waals surface area contributed by atoms with Crippen LogP contribution in [0.4, 0.5) is 4.79 Å². The molecule has 4 rings (SSSR count). The Morgan fingerprint density at radius 3 is 2.00 bits per heavy atom. The quantitative estimate of drug-likeness (QED) is 0.368. The zero-order chi connectivity index (χ0) is 25.9. The van der Waals surface area contributed by atoms with Crippen LogP contribution in [0.25, 0.3) is 0 Å². The second-order valence-electron chi connectivity index (χ2n) is 9.44. The number of alkyl carbamates (subject to hydrolysis) is 1. The maximum absolute atomic E-state index is 13.3. The van der Waals surface area contributed by atoms with Gasteiger partial charge in [-0.05, 0) is 67.0 Å². The zero-order valence-corrected chi connectivity index (χ0v) is 21.0. The molecular formula is C30H35N3O4. The maximum Gasteiger partial charge on any atom is 0.408 e. The Bertz CT molecular complexity index is 1110.